The molecule has 0 radical (unpaired) electrons. The smallest absolute Gasteiger partial charge is 0.120 e. The number of aryl methyl sites for hydroxylation is 1. The molecule has 1 aliphatic carbocycles. The van der Waals surface area contributed by atoms with Crippen molar-refractivity contribution < 1.29 is 0 Å². The van der Waals surface area contributed by atoms with Crippen LogP contribution in [0.15, 0.2) is 31.0 Å². The Bertz CT molecular complexity index is 605. The van der Waals surface area contributed by atoms with Gasteiger partial charge >= 0.3 is 0 Å². The first-order valence-electron chi connectivity index (χ1n) is 7.04. The van der Waals surface area contributed by atoms with E-state index in [1.54, 1.807) is 0 Å². The van der Waals surface area contributed by atoms with Gasteiger partial charge in [0.25, 0.3) is 0 Å². The van der Waals surface area contributed by atoms with Crippen LogP contribution in [0.2, 0.25) is 0 Å². The zero-order valence-electron chi connectivity index (χ0n) is 11.7. The van der Waals surface area contributed by atoms with Gasteiger partial charge < -0.3 is 14.5 Å². The molecule has 1 aliphatic rings. The predicted molar refractivity (Wildman–Crippen MR) is 75.9 cm³/mol. The summed E-state index contributed by atoms with van der Waals surface area (Å²) in [4.78, 5) is 4.14. The zero-order valence-corrected chi connectivity index (χ0v) is 11.7. The van der Waals surface area contributed by atoms with E-state index in [1.165, 1.54) is 24.8 Å². The molecule has 0 aliphatic heterocycles. The molecule has 1 saturated carbocycles. The van der Waals surface area contributed by atoms with Crippen molar-refractivity contribution in [2.75, 3.05) is 0 Å². The number of imidazole rings is 1. The summed E-state index contributed by atoms with van der Waals surface area (Å²) in [5.74, 6) is 0. The fraction of sp³-hybridized carbons (Fsp3) is 0.467. The Kier molecular flexibility index (Phi) is 3.57. The number of nitrogens with zero attached hydrogens (tertiary/aromatic N) is 4. The minimum Gasteiger partial charge on any atom is -0.342 e. The third-order valence-corrected chi connectivity index (χ3v) is 4.13. The molecule has 2 aromatic rings. The lowest BCUT2D eigenvalue weighted by Gasteiger charge is -2.22. The minimum absolute atomic E-state index is 0.481. The standard InChI is InChI=1S/C15H19N5/c1-19-10-12(7-13(19)8-16)9-18-14-3-2-4-15(14)20-6-5-17-11-20/h5-7,10-11,14-15,18H,2-4,9H2,1H3. The first kappa shape index (κ1) is 12.9. The quantitative estimate of drug-likeness (QED) is 0.923. The van der Waals surface area contributed by atoms with Gasteiger partial charge in [0, 0.05) is 44.3 Å². The van der Waals surface area contributed by atoms with Gasteiger partial charge in [-0.2, -0.15) is 5.26 Å². The van der Waals surface area contributed by atoms with Gasteiger partial charge in [0.15, 0.2) is 0 Å². The molecule has 0 aromatic carbocycles. The summed E-state index contributed by atoms with van der Waals surface area (Å²) in [7, 11) is 1.91. The molecule has 5 heteroatoms. The second kappa shape index (κ2) is 5.51. The molecule has 0 spiro atoms. The molecule has 1 fully saturated rings. The number of hydrogen-bond acceptors (Lipinski definition) is 3. The lowest BCUT2D eigenvalue weighted by Crippen LogP contribution is -2.33. The third kappa shape index (κ3) is 2.47. The van der Waals surface area contributed by atoms with Crippen LogP contribution in [-0.2, 0) is 13.6 Å². The molecule has 104 valence electrons. The highest BCUT2D eigenvalue weighted by atomic mass is 15.1. The highest BCUT2D eigenvalue weighted by Crippen LogP contribution is 2.30. The second-order valence-corrected chi connectivity index (χ2v) is 5.45. The topological polar surface area (TPSA) is 58.6 Å². The number of rotatable bonds is 4. The van der Waals surface area contributed by atoms with E-state index < -0.39 is 0 Å². The van der Waals surface area contributed by atoms with E-state index in [-0.39, 0.29) is 0 Å². The maximum absolute atomic E-state index is 8.98. The van der Waals surface area contributed by atoms with E-state index in [0.29, 0.717) is 17.8 Å². The Morgan fingerprint density at radius 2 is 2.40 bits per heavy atom. The Balaban J connectivity index is 1.64. The monoisotopic (exact) mass is 269 g/mol. The van der Waals surface area contributed by atoms with Crippen LogP contribution in [0.4, 0.5) is 0 Å². The number of hydrogen-bond donors (Lipinski definition) is 1. The van der Waals surface area contributed by atoms with Gasteiger partial charge in [-0.3, -0.25) is 0 Å². The Morgan fingerprint density at radius 3 is 3.10 bits per heavy atom. The molecular formula is C15H19N5. The van der Waals surface area contributed by atoms with E-state index in [0.717, 1.165) is 6.54 Å². The maximum Gasteiger partial charge on any atom is 0.120 e. The third-order valence-electron chi connectivity index (χ3n) is 4.13. The first-order chi connectivity index (χ1) is 9.78. The van der Waals surface area contributed by atoms with Gasteiger partial charge in [-0.15, -0.1) is 0 Å². The molecule has 20 heavy (non-hydrogen) atoms. The molecule has 2 aromatic heterocycles. The van der Waals surface area contributed by atoms with Crippen molar-refractivity contribution in [2.24, 2.45) is 7.05 Å². The molecular weight excluding hydrogens is 250 g/mol. The lowest BCUT2D eigenvalue weighted by atomic mass is 10.1. The molecule has 2 atom stereocenters. The zero-order chi connectivity index (χ0) is 13.9. The van der Waals surface area contributed by atoms with E-state index in [4.69, 9.17) is 5.26 Å². The Labute approximate surface area is 118 Å². The van der Waals surface area contributed by atoms with Gasteiger partial charge in [-0.05, 0) is 30.9 Å². The van der Waals surface area contributed by atoms with Crippen LogP contribution in [0.25, 0.3) is 0 Å². The average Bonchev–Trinajstić information content (AvgIpc) is 3.16. The molecule has 1 N–H and O–H groups in total. The summed E-state index contributed by atoms with van der Waals surface area (Å²) >= 11 is 0. The minimum atomic E-state index is 0.481. The fourth-order valence-corrected chi connectivity index (χ4v) is 3.09. The summed E-state index contributed by atoms with van der Waals surface area (Å²) < 4.78 is 4.08. The fourth-order valence-electron chi connectivity index (χ4n) is 3.09. The summed E-state index contributed by atoms with van der Waals surface area (Å²) in [6, 6.07) is 5.13. The Morgan fingerprint density at radius 1 is 1.50 bits per heavy atom. The van der Waals surface area contributed by atoms with Gasteiger partial charge in [-0.1, -0.05) is 0 Å². The maximum atomic E-state index is 8.98. The lowest BCUT2D eigenvalue weighted by molar-refractivity contribution is 0.390. The number of aromatic nitrogens is 3. The summed E-state index contributed by atoms with van der Waals surface area (Å²) in [5.41, 5.74) is 1.87. The molecule has 0 saturated heterocycles. The molecule has 2 unspecified atom stereocenters. The number of nitriles is 1. The SMILES string of the molecule is Cn1cc(CNC2CCCC2n2ccnc2)cc1C#N. The first-order valence-corrected chi connectivity index (χ1v) is 7.04. The molecule has 5 nitrogen and oxygen atoms in total. The van der Waals surface area contributed by atoms with Crippen LogP contribution in [0, 0.1) is 11.3 Å². The highest BCUT2D eigenvalue weighted by molar-refractivity contribution is 5.28. The molecule has 2 heterocycles. The van der Waals surface area contributed by atoms with Crippen molar-refractivity contribution in [1.29, 1.82) is 5.26 Å². The van der Waals surface area contributed by atoms with Gasteiger partial charge in [0.2, 0.25) is 0 Å². The largest absolute Gasteiger partial charge is 0.342 e. The van der Waals surface area contributed by atoms with Crippen LogP contribution in [0.3, 0.4) is 0 Å². The van der Waals surface area contributed by atoms with E-state index in [1.807, 2.05) is 42.6 Å². The molecule has 0 amide bonds. The van der Waals surface area contributed by atoms with Gasteiger partial charge in [0.05, 0.1) is 6.33 Å². The van der Waals surface area contributed by atoms with E-state index >= 15 is 0 Å². The van der Waals surface area contributed by atoms with Crippen molar-refractivity contribution in [1.82, 2.24) is 19.4 Å². The summed E-state index contributed by atoms with van der Waals surface area (Å²) in [6.07, 6.45) is 11.5. The number of nitrogens with one attached hydrogen (secondary N) is 1. The van der Waals surface area contributed by atoms with Gasteiger partial charge in [0.1, 0.15) is 11.8 Å². The van der Waals surface area contributed by atoms with Crippen molar-refractivity contribution in [3.8, 4) is 6.07 Å². The van der Waals surface area contributed by atoms with Crippen LogP contribution < -0.4 is 5.32 Å². The predicted octanol–water partition coefficient (Wildman–Crippen LogP) is 1.98. The van der Waals surface area contributed by atoms with Crippen LogP contribution in [0.1, 0.15) is 36.6 Å². The van der Waals surface area contributed by atoms with E-state index in [2.05, 4.69) is 20.9 Å². The van der Waals surface area contributed by atoms with Crippen molar-refractivity contribution >= 4 is 0 Å². The van der Waals surface area contributed by atoms with Crippen LogP contribution >= 0.6 is 0 Å². The van der Waals surface area contributed by atoms with E-state index in [9.17, 15) is 0 Å². The van der Waals surface area contributed by atoms with Crippen molar-refractivity contribution in [3.05, 3.63) is 42.2 Å². The molecule has 3 rings (SSSR count). The normalized spacial score (nSPS) is 22.0. The second-order valence-electron chi connectivity index (χ2n) is 5.45. The summed E-state index contributed by atoms with van der Waals surface area (Å²) in [5, 5.41) is 12.6. The van der Waals surface area contributed by atoms with Crippen LogP contribution in [-0.4, -0.2) is 20.2 Å². The highest BCUT2D eigenvalue weighted by Gasteiger charge is 2.27. The Hall–Kier alpha value is -2.06. The summed E-state index contributed by atoms with van der Waals surface area (Å²) in [6.45, 7) is 0.811. The van der Waals surface area contributed by atoms with Gasteiger partial charge in [-0.25, -0.2) is 4.98 Å². The molecule has 0 bridgehead atoms. The van der Waals surface area contributed by atoms with Crippen molar-refractivity contribution in [3.63, 3.8) is 0 Å². The average molecular weight is 269 g/mol. The van der Waals surface area contributed by atoms with Crippen LogP contribution in [0.5, 0.6) is 0 Å². The van der Waals surface area contributed by atoms with Crippen molar-refractivity contribution in [2.45, 2.75) is 37.9 Å².